The van der Waals surface area contributed by atoms with Gasteiger partial charge in [0, 0.05) is 52.3 Å². The van der Waals surface area contributed by atoms with E-state index in [4.69, 9.17) is 21.0 Å². The number of aromatic amines is 1. The number of nitrogens with zero attached hydrogens (tertiary/aromatic N) is 1. The SMILES string of the molecule is C=C(C)C(C)=N.C=CC(=N)C(C)=N.CC.CC1CCC(=O)NC1.CCCCCC(C)CC.CCCCOCC(C)CC.CNC(c1cnc(C)[nH]1)C1CCCC(C)C1.COC. The highest BCUT2D eigenvalue weighted by molar-refractivity contribution is 6.43. The van der Waals surface area contributed by atoms with Gasteiger partial charge in [-0.2, -0.15) is 0 Å². The van der Waals surface area contributed by atoms with Gasteiger partial charge >= 0.3 is 0 Å². The highest BCUT2D eigenvalue weighted by Gasteiger charge is 2.27. The minimum atomic E-state index is 0.194. The summed E-state index contributed by atoms with van der Waals surface area (Å²) in [6, 6.07) is 0.448. The first-order valence-corrected chi connectivity index (χ1v) is 23.8. The molecule has 2 fully saturated rings. The Hall–Kier alpha value is -2.95. The van der Waals surface area contributed by atoms with Gasteiger partial charge in [-0.05, 0) is 102 Å². The molecule has 1 aromatic heterocycles. The van der Waals surface area contributed by atoms with Crippen LogP contribution in [0.5, 0.6) is 0 Å². The molecule has 61 heavy (non-hydrogen) atoms. The number of unbranched alkanes of at least 4 members (excludes halogenated alkanes) is 3. The molecule has 0 aromatic carbocycles. The topological polar surface area (TPSA) is 160 Å². The van der Waals surface area contributed by atoms with E-state index in [2.05, 4.69) is 101 Å². The number of amides is 1. The average molecular weight is 862 g/mol. The number of methoxy groups -OCH3 is 1. The predicted molar refractivity (Wildman–Crippen MR) is 270 cm³/mol. The number of allylic oxidation sites excluding steroid dienone is 2. The maximum atomic E-state index is 10.5. The van der Waals surface area contributed by atoms with Crippen LogP contribution in [0.4, 0.5) is 0 Å². The van der Waals surface area contributed by atoms with E-state index < -0.39 is 0 Å². The molecule has 1 amide bonds. The molecule has 6 N–H and O–H groups in total. The number of carbonyl (C=O) groups excluding carboxylic acids is 1. The van der Waals surface area contributed by atoms with E-state index in [-0.39, 0.29) is 17.3 Å². The van der Waals surface area contributed by atoms with E-state index in [1.807, 2.05) is 33.9 Å². The first-order valence-electron chi connectivity index (χ1n) is 23.8. The summed E-state index contributed by atoms with van der Waals surface area (Å²) >= 11 is 0. The Morgan fingerprint density at radius 1 is 0.934 bits per heavy atom. The molecule has 2 aliphatic rings. The van der Waals surface area contributed by atoms with E-state index in [1.165, 1.54) is 88.8 Å². The van der Waals surface area contributed by atoms with Gasteiger partial charge in [0.25, 0.3) is 0 Å². The number of aryl methyl sites for hydroxylation is 1. The van der Waals surface area contributed by atoms with E-state index in [0.717, 1.165) is 67.7 Å². The van der Waals surface area contributed by atoms with Gasteiger partial charge in [0.1, 0.15) is 5.82 Å². The molecule has 10 nitrogen and oxygen atoms in total. The van der Waals surface area contributed by atoms with E-state index in [0.29, 0.717) is 17.7 Å². The number of H-pyrrole nitrogens is 1. The van der Waals surface area contributed by atoms with Crippen molar-refractivity contribution in [1.82, 2.24) is 20.6 Å². The third-order valence-corrected chi connectivity index (χ3v) is 10.3. The Kier molecular flexibility index (Phi) is 52.9. The fraction of sp³-hybridized carbons (Fsp3) is 0.784. The fourth-order valence-electron chi connectivity index (χ4n) is 5.63. The second-order valence-corrected chi connectivity index (χ2v) is 16.7. The summed E-state index contributed by atoms with van der Waals surface area (Å²) in [4.78, 5) is 18.2. The van der Waals surface area contributed by atoms with E-state index in [9.17, 15) is 4.79 Å². The van der Waals surface area contributed by atoms with Crippen molar-refractivity contribution in [2.75, 3.05) is 41.0 Å². The van der Waals surface area contributed by atoms with Crippen LogP contribution in [0.25, 0.3) is 0 Å². The Labute approximate surface area is 379 Å². The van der Waals surface area contributed by atoms with Crippen LogP contribution in [0, 0.1) is 52.7 Å². The quantitative estimate of drug-likeness (QED) is 0.0678. The molecule has 360 valence electrons. The third kappa shape index (κ3) is 46.4. The first kappa shape index (κ1) is 67.1. The molecular weight excluding hydrogens is 759 g/mol. The van der Waals surface area contributed by atoms with Crippen LogP contribution in [0.2, 0.25) is 0 Å². The number of nitrogens with one attached hydrogen (secondary N) is 6. The van der Waals surface area contributed by atoms with Gasteiger partial charge in [0.05, 0.1) is 23.2 Å². The number of imidazole rings is 1. The van der Waals surface area contributed by atoms with Gasteiger partial charge in [0.2, 0.25) is 5.91 Å². The molecule has 0 radical (unpaired) electrons. The smallest absolute Gasteiger partial charge is 0.220 e. The molecule has 1 aliphatic heterocycles. The van der Waals surface area contributed by atoms with Crippen LogP contribution in [-0.2, 0) is 14.3 Å². The number of carbonyl (C=O) groups is 1. The summed E-state index contributed by atoms with van der Waals surface area (Å²) in [5.74, 6) is 5.23. The number of aromatic nitrogens is 2. The Balaban J connectivity index is -0.000000208. The zero-order valence-corrected chi connectivity index (χ0v) is 43.2. The third-order valence-electron chi connectivity index (χ3n) is 10.3. The second kappa shape index (κ2) is 48.1. The van der Waals surface area contributed by atoms with Crippen molar-refractivity contribution in [3.8, 4) is 0 Å². The summed E-state index contributed by atoms with van der Waals surface area (Å²) in [6.45, 7) is 38.7. The van der Waals surface area contributed by atoms with Crippen molar-refractivity contribution >= 4 is 23.0 Å². The van der Waals surface area contributed by atoms with Crippen molar-refractivity contribution in [2.24, 2.45) is 29.6 Å². The van der Waals surface area contributed by atoms with Crippen LogP contribution in [0.1, 0.15) is 197 Å². The minimum Gasteiger partial charge on any atom is -0.388 e. The monoisotopic (exact) mass is 862 g/mol. The minimum absolute atomic E-state index is 0.194. The molecule has 10 heteroatoms. The van der Waals surface area contributed by atoms with Crippen LogP contribution < -0.4 is 10.6 Å². The van der Waals surface area contributed by atoms with Gasteiger partial charge in [0.15, 0.2) is 0 Å². The Morgan fingerprint density at radius 2 is 1.49 bits per heavy atom. The molecule has 2 heterocycles. The van der Waals surface area contributed by atoms with Gasteiger partial charge in [-0.1, -0.05) is 140 Å². The van der Waals surface area contributed by atoms with Crippen LogP contribution in [0.15, 0.2) is 31.0 Å². The van der Waals surface area contributed by atoms with Crippen LogP contribution >= 0.6 is 0 Å². The molecule has 1 saturated carbocycles. The number of hydrogen-bond acceptors (Lipinski definition) is 8. The normalized spacial score (nSPS) is 17.5. The highest BCUT2D eigenvalue weighted by atomic mass is 16.5. The zero-order valence-electron chi connectivity index (χ0n) is 43.2. The number of hydrogen-bond donors (Lipinski definition) is 6. The molecule has 1 aromatic rings. The Morgan fingerprint density at radius 3 is 1.84 bits per heavy atom. The molecule has 0 bridgehead atoms. The summed E-state index contributed by atoms with van der Waals surface area (Å²) in [5.41, 5.74) is 3.11. The summed E-state index contributed by atoms with van der Waals surface area (Å²) < 4.78 is 9.68. The highest BCUT2D eigenvalue weighted by Crippen LogP contribution is 2.36. The lowest BCUT2D eigenvalue weighted by Gasteiger charge is -2.32. The summed E-state index contributed by atoms with van der Waals surface area (Å²) in [7, 11) is 5.31. The molecule has 1 saturated heterocycles. The van der Waals surface area contributed by atoms with Crippen molar-refractivity contribution in [1.29, 1.82) is 16.2 Å². The number of ether oxygens (including phenoxy) is 2. The largest absolute Gasteiger partial charge is 0.388 e. The molecular formula is C51H103N7O3. The first-order chi connectivity index (χ1) is 28.8. The lowest BCUT2D eigenvalue weighted by molar-refractivity contribution is -0.122. The maximum Gasteiger partial charge on any atom is 0.220 e. The van der Waals surface area contributed by atoms with Crippen molar-refractivity contribution < 1.29 is 14.3 Å². The van der Waals surface area contributed by atoms with Gasteiger partial charge < -0.3 is 35.9 Å². The van der Waals surface area contributed by atoms with Gasteiger partial charge in [-0.3, -0.25) is 10.2 Å². The molecule has 0 spiro atoms. The van der Waals surface area contributed by atoms with Gasteiger partial charge in [-0.15, -0.1) is 0 Å². The van der Waals surface area contributed by atoms with Gasteiger partial charge in [-0.25, -0.2) is 4.98 Å². The standard InChI is InChI=1S/C13H23N3.C9H20O.C9H20.C6H11NO.C5H8N2.C5H9N.C2H6O.C2H6/c1-9-5-4-6-11(7-9)13(14-3)12-8-15-10(2)16-12;1-4-6-7-10-8-9(3)5-2;1-4-6-7-8-9(3)5-2;1-5-2-3-6(8)7-4-5;1-3-5(7)4(2)6;1-4(2)5(3)6;1-3-2;1-2/h8-9,11,13-14H,4-7H2,1-3H3,(H,15,16);9H,4-8H2,1-3H3;9H,4-8H2,1-3H3;5H,2-4H2,1H3,(H,7,8);3,6-7H,1H2,2H3;6H,1H2,2-3H3;1-2H3;1-2H3. The van der Waals surface area contributed by atoms with E-state index in [1.54, 1.807) is 28.1 Å². The van der Waals surface area contributed by atoms with Crippen molar-refractivity contribution in [3.05, 3.63) is 42.5 Å². The maximum absolute atomic E-state index is 10.5. The molecule has 6 unspecified atom stereocenters. The average Bonchev–Trinajstić information content (AvgIpc) is 3.67. The number of rotatable bonds is 17. The molecule has 6 atom stereocenters. The second-order valence-electron chi connectivity index (χ2n) is 16.7. The summed E-state index contributed by atoms with van der Waals surface area (Å²) in [5, 5.41) is 26.7. The molecule has 1 aliphatic carbocycles. The Bertz CT molecular complexity index is 1180. The molecule has 3 rings (SSSR count). The fourth-order valence-corrected chi connectivity index (χ4v) is 5.63. The van der Waals surface area contributed by atoms with Crippen molar-refractivity contribution in [2.45, 2.75) is 193 Å². The summed E-state index contributed by atoms with van der Waals surface area (Å²) in [6.07, 6.45) is 21.2. The lowest BCUT2D eigenvalue weighted by Crippen LogP contribution is -2.33. The number of piperidine rings is 1. The van der Waals surface area contributed by atoms with Crippen LogP contribution in [0.3, 0.4) is 0 Å². The van der Waals surface area contributed by atoms with E-state index >= 15 is 0 Å². The lowest BCUT2D eigenvalue weighted by atomic mass is 9.78. The van der Waals surface area contributed by atoms with Crippen molar-refractivity contribution in [3.63, 3.8) is 0 Å². The van der Waals surface area contributed by atoms with Crippen LogP contribution in [-0.4, -0.2) is 74.0 Å². The zero-order chi connectivity index (χ0) is 48.2. The predicted octanol–water partition coefficient (Wildman–Crippen LogP) is 13.9.